The molecule has 2 aromatic rings. The summed E-state index contributed by atoms with van der Waals surface area (Å²) in [5.74, 6) is -0.0460. The van der Waals surface area contributed by atoms with Crippen LogP contribution >= 0.6 is 11.3 Å². The Morgan fingerprint density at radius 2 is 2.04 bits per heavy atom. The zero-order valence-electron chi connectivity index (χ0n) is 16.2. The number of carbonyl (C=O) groups is 1. The fourth-order valence-electron chi connectivity index (χ4n) is 4.56. The molecule has 2 aliphatic rings. The highest BCUT2D eigenvalue weighted by molar-refractivity contribution is 7.09. The lowest BCUT2D eigenvalue weighted by molar-refractivity contribution is 0.0944. The van der Waals surface area contributed by atoms with Gasteiger partial charge in [-0.2, -0.15) is 5.10 Å². The maximum atomic E-state index is 12.8. The molecular formula is C21H30N4OS. The number of amides is 1. The number of aromatic nitrogens is 2. The molecule has 1 fully saturated rings. The molecule has 0 spiro atoms. The number of fused-ring (bicyclic) bond motifs is 1. The minimum absolute atomic E-state index is 0.0460. The van der Waals surface area contributed by atoms with Gasteiger partial charge >= 0.3 is 0 Å². The number of rotatable bonds is 5. The van der Waals surface area contributed by atoms with Crippen LogP contribution in [0.1, 0.15) is 71.6 Å². The first-order valence-corrected chi connectivity index (χ1v) is 11.2. The van der Waals surface area contributed by atoms with Crippen molar-refractivity contribution in [2.45, 2.75) is 76.4 Å². The van der Waals surface area contributed by atoms with Crippen molar-refractivity contribution < 1.29 is 4.79 Å². The summed E-state index contributed by atoms with van der Waals surface area (Å²) in [5, 5.41) is 13.6. The van der Waals surface area contributed by atoms with Crippen LogP contribution in [0.2, 0.25) is 0 Å². The third-order valence-corrected chi connectivity index (χ3v) is 6.88. The molecule has 1 atom stereocenters. The third kappa shape index (κ3) is 4.43. The molecule has 0 aromatic carbocycles. The largest absolute Gasteiger partial charge is 0.346 e. The summed E-state index contributed by atoms with van der Waals surface area (Å²) >= 11 is 1.67. The van der Waals surface area contributed by atoms with Gasteiger partial charge in [-0.05, 0) is 43.6 Å². The Morgan fingerprint density at radius 1 is 1.22 bits per heavy atom. The monoisotopic (exact) mass is 386 g/mol. The van der Waals surface area contributed by atoms with E-state index in [1.165, 1.54) is 49.1 Å². The molecule has 2 aromatic heterocycles. The summed E-state index contributed by atoms with van der Waals surface area (Å²) in [5.41, 5.74) is 3.00. The van der Waals surface area contributed by atoms with Gasteiger partial charge in [-0.25, -0.2) is 0 Å². The standard InChI is InChI=1S/C21H30N4OS/c1-25-19-11-10-16(23-15-7-4-2-3-5-8-15)13-18(19)20(24-25)21(26)22-14-17-9-6-12-27-17/h6,9,12,15-16,23H,2-5,7-8,10-11,13-14H2,1H3,(H,22,26). The Balaban J connectivity index is 1.42. The summed E-state index contributed by atoms with van der Waals surface area (Å²) in [7, 11) is 1.97. The van der Waals surface area contributed by atoms with E-state index in [0.29, 0.717) is 24.3 Å². The highest BCUT2D eigenvalue weighted by Crippen LogP contribution is 2.26. The van der Waals surface area contributed by atoms with Crippen LogP contribution < -0.4 is 10.6 Å². The van der Waals surface area contributed by atoms with Crippen molar-refractivity contribution in [1.82, 2.24) is 20.4 Å². The normalized spacial score (nSPS) is 20.9. The molecule has 2 heterocycles. The zero-order valence-corrected chi connectivity index (χ0v) is 17.0. The summed E-state index contributed by atoms with van der Waals surface area (Å²) in [6, 6.07) is 5.17. The Kier molecular flexibility index (Phi) is 5.93. The van der Waals surface area contributed by atoms with E-state index in [1.807, 2.05) is 29.2 Å². The van der Waals surface area contributed by atoms with Crippen LogP contribution in [0, 0.1) is 0 Å². The van der Waals surface area contributed by atoms with Gasteiger partial charge in [0.1, 0.15) is 0 Å². The first-order valence-electron chi connectivity index (χ1n) is 10.3. The summed E-state index contributed by atoms with van der Waals surface area (Å²) in [6.07, 6.45) is 11.1. The topological polar surface area (TPSA) is 59.0 Å². The lowest BCUT2D eigenvalue weighted by atomic mass is 9.90. The molecule has 0 bridgehead atoms. The molecule has 1 amide bonds. The Bertz CT molecular complexity index is 759. The van der Waals surface area contributed by atoms with Crippen LogP contribution in [-0.4, -0.2) is 27.8 Å². The van der Waals surface area contributed by atoms with Crippen molar-refractivity contribution >= 4 is 17.2 Å². The molecule has 2 aliphatic carbocycles. The van der Waals surface area contributed by atoms with Crippen molar-refractivity contribution in [1.29, 1.82) is 0 Å². The molecule has 1 saturated carbocycles. The highest BCUT2D eigenvalue weighted by Gasteiger charge is 2.29. The second-order valence-corrected chi connectivity index (χ2v) is 8.99. The maximum Gasteiger partial charge on any atom is 0.272 e. The van der Waals surface area contributed by atoms with E-state index in [-0.39, 0.29) is 5.91 Å². The molecule has 0 aliphatic heterocycles. The summed E-state index contributed by atoms with van der Waals surface area (Å²) < 4.78 is 1.91. The van der Waals surface area contributed by atoms with E-state index >= 15 is 0 Å². The first-order chi connectivity index (χ1) is 13.2. The SMILES string of the molecule is Cn1nc(C(=O)NCc2cccs2)c2c1CCC(NC1CCCCCC1)C2. The molecule has 2 N–H and O–H groups in total. The van der Waals surface area contributed by atoms with Crippen LogP contribution in [-0.2, 0) is 26.4 Å². The van der Waals surface area contributed by atoms with Crippen molar-refractivity contribution in [2.75, 3.05) is 0 Å². The lowest BCUT2D eigenvalue weighted by Crippen LogP contribution is -2.41. The average Bonchev–Trinajstić information content (AvgIpc) is 3.22. The van der Waals surface area contributed by atoms with Gasteiger partial charge in [0.2, 0.25) is 0 Å². The van der Waals surface area contributed by atoms with Gasteiger partial charge < -0.3 is 10.6 Å². The van der Waals surface area contributed by atoms with E-state index in [2.05, 4.69) is 15.7 Å². The maximum absolute atomic E-state index is 12.8. The van der Waals surface area contributed by atoms with E-state index in [1.54, 1.807) is 11.3 Å². The molecule has 0 saturated heterocycles. The minimum atomic E-state index is -0.0460. The molecule has 0 radical (unpaired) electrons. The van der Waals surface area contributed by atoms with E-state index in [4.69, 9.17) is 0 Å². The van der Waals surface area contributed by atoms with Gasteiger partial charge in [-0.15, -0.1) is 11.3 Å². The summed E-state index contributed by atoms with van der Waals surface area (Å²) in [6.45, 7) is 0.575. The number of carbonyl (C=O) groups excluding carboxylic acids is 1. The number of hydrogen-bond acceptors (Lipinski definition) is 4. The number of nitrogens with one attached hydrogen (secondary N) is 2. The number of nitrogens with zero attached hydrogens (tertiary/aromatic N) is 2. The van der Waals surface area contributed by atoms with Gasteiger partial charge in [-0.1, -0.05) is 31.7 Å². The van der Waals surface area contributed by atoms with E-state index in [9.17, 15) is 4.79 Å². The fraction of sp³-hybridized carbons (Fsp3) is 0.619. The predicted octanol–water partition coefficient (Wildman–Crippen LogP) is 3.58. The second kappa shape index (κ2) is 8.57. The van der Waals surface area contributed by atoms with Crippen LogP contribution in [0.3, 0.4) is 0 Å². The van der Waals surface area contributed by atoms with Crippen LogP contribution in [0.5, 0.6) is 0 Å². The van der Waals surface area contributed by atoms with Crippen molar-refractivity contribution in [3.63, 3.8) is 0 Å². The second-order valence-electron chi connectivity index (χ2n) is 7.95. The number of aryl methyl sites for hydroxylation is 1. The zero-order chi connectivity index (χ0) is 18.6. The molecule has 146 valence electrons. The van der Waals surface area contributed by atoms with Crippen LogP contribution in [0.4, 0.5) is 0 Å². The number of thiophene rings is 1. The van der Waals surface area contributed by atoms with E-state index in [0.717, 1.165) is 24.8 Å². The molecular weight excluding hydrogens is 356 g/mol. The van der Waals surface area contributed by atoms with Crippen LogP contribution in [0.15, 0.2) is 17.5 Å². The molecule has 6 heteroatoms. The molecule has 1 unspecified atom stereocenters. The van der Waals surface area contributed by atoms with Gasteiger partial charge in [0.05, 0.1) is 6.54 Å². The van der Waals surface area contributed by atoms with Gasteiger partial charge in [0, 0.05) is 35.3 Å². The minimum Gasteiger partial charge on any atom is -0.346 e. The fourth-order valence-corrected chi connectivity index (χ4v) is 5.20. The van der Waals surface area contributed by atoms with E-state index < -0.39 is 0 Å². The predicted molar refractivity (Wildman–Crippen MR) is 109 cm³/mol. The quantitative estimate of drug-likeness (QED) is 0.772. The lowest BCUT2D eigenvalue weighted by Gasteiger charge is -2.28. The smallest absolute Gasteiger partial charge is 0.272 e. The van der Waals surface area contributed by atoms with Crippen LogP contribution in [0.25, 0.3) is 0 Å². The van der Waals surface area contributed by atoms with Crippen molar-refractivity contribution in [3.8, 4) is 0 Å². The van der Waals surface area contributed by atoms with Gasteiger partial charge in [0.15, 0.2) is 5.69 Å². The summed E-state index contributed by atoms with van der Waals surface area (Å²) in [4.78, 5) is 13.9. The van der Waals surface area contributed by atoms with Gasteiger partial charge in [0.25, 0.3) is 5.91 Å². The average molecular weight is 387 g/mol. The molecule has 4 rings (SSSR count). The Hall–Kier alpha value is -1.66. The Morgan fingerprint density at radius 3 is 2.78 bits per heavy atom. The van der Waals surface area contributed by atoms with Crippen molar-refractivity contribution in [2.24, 2.45) is 7.05 Å². The third-order valence-electron chi connectivity index (χ3n) is 6.00. The highest BCUT2D eigenvalue weighted by atomic mass is 32.1. The first kappa shape index (κ1) is 18.7. The van der Waals surface area contributed by atoms with Gasteiger partial charge in [-0.3, -0.25) is 9.48 Å². The Labute approximate surface area is 165 Å². The number of hydrogen-bond donors (Lipinski definition) is 2. The molecule has 5 nitrogen and oxygen atoms in total. The molecule has 27 heavy (non-hydrogen) atoms. The van der Waals surface area contributed by atoms with Crippen molar-refractivity contribution in [3.05, 3.63) is 39.3 Å².